The van der Waals surface area contributed by atoms with Gasteiger partial charge in [-0.2, -0.15) is 0 Å². The summed E-state index contributed by atoms with van der Waals surface area (Å²) in [5, 5.41) is -0.00402. The third-order valence-electron chi connectivity index (χ3n) is 3.99. The summed E-state index contributed by atoms with van der Waals surface area (Å²) >= 11 is 0. The topological polar surface area (TPSA) is 62.8 Å². The van der Waals surface area contributed by atoms with Gasteiger partial charge in [0.05, 0.1) is 4.90 Å². The minimum atomic E-state index is -3.60. The predicted octanol–water partition coefficient (Wildman–Crippen LogP) is 3.73. The summed E-state index contributed by atoms with van der Waals surface area (Å²) in [7, 11) is -3.60. The molecule has 3 aromatic rings. The van der Waals surface area contributed by atoms with Crippen LogP contribution in [-0.2, 0) is 22.7 Å². The largest absolute Gasteiger partial charge is 0.335 e. The molecule has 1 aromatic heterocycles. The molecule has 0 unspecified atom stereocenters. The number of hydrogen-bond donors (Lipinski definition) is 1. The number of nitrogens with zero attached hydrogens (tertiary/aromatic N) is 1. The summed E-state index contributed by atoms with van der Waals surface area (Å²) in [6, 6.07) is 15.7. The SMILES string of the molecule is Cc1ccc(S(=O)(=O)c2ncc[nH]2)c(CCCc2ccccc2)c1. The Morgan fingerprint density at radius 2 is 1.83 bits per heavy atom. The first kappa shape index (κ1) is 16.5. The minimum Gasteiger partial charge on any atom is -0.335 e. The molecule has 2 aromatic carbocycles. The molecular formula is C19H20N2O2S. The van der Waals surface area contributed by atoms with Crippen LogP contribution < -0.4 is 0 Å². The number of nitrogens with one attached hydrogen (secondary N) is 1. The van der Waals surface area contributed by atoms with Gasteiger partial charge in [0.25, 0.3) is 0 Å². The Hall–Kier alpha value is -2.40. The van der Waals surface area contributed by atoms with Gasteiger partial charge in [0, 0.05) is 12.4 Å². The van der Waals surface area contributed by atoms with Crippen LogP contribution in [-0.4, -0.2) is 18.4 Å². The van der Waals surface area contributed by atoms with Crippen LogP contribution in [0.5, 0.6) is 0 Å². The number of H-pyrrole nitrogens is 1. The molecule has 0 bridgehead atoms. The van der Waals surface area contributed by atoms with Crippen LogP contribution in [0, 0.1) is 6.92 Å². The lowest BCUT2D eigenvalue weighted by atomic mass is 10.0. The van der Waals surface area contributed by atoms with E-state index in [1.807, 2.05) is 37.3 Å². The summed E-state index contributed by atoms with van der Waals surface area (Å²) in [6.45, 7) is 1.98. The van der Waals surface area contributed by atoms with Gasteiger partial charge in [-0.1, -0.05) is 48.0 Å². The molecule has 0 fully saturated rings. The van der Waals surface area contributed by atoms with Gasteiger partial charge in [-0.05, 0) is 43.4 Å². The van der Waals surface area contributed by atoms with Crippen LogP contribution in [0.3, 0.4) is 0 Å². The zero-order chi connectivity index (χ0) is 17.0. The average molecular weight is 340 g/mol. The lowest BCUT2D eigenvalue weighted by molar-refractivity contribution is 0.587. The first-order valence-electron chi connectivity index (χ1n) is 7.95. The number of sulfone groups is 1. The number of rotatable bonds is 6. The van der Waals surface area contributed by atoms with Crippen LogP contribution >= 0.6 is 0 Å². The maximum absolute atomic E-state index is 12.8. The van der Waals surface area contributed by atoms with Crippen LogP contribution in [0.25, 0.3) is 0 Å². The molecule has 4 nitrogen and oxygen atoms in total. The fourth-order valence-electron chi connectivity index (χ4n) is 2.80. The second-order valence-corrected chi connectivity index (χ2v) is 7.68. The average Bonchev–Trinajstić information content (AvgIpc) is 3.11. The highest BCUT2D eigenvalue weighted by Crippen LogP contribution is 2.24. The molecular weight excluding hydrogens is 320 g/mol. The van der Waals surface area contributed by atoms with Gasteiger partial charge in [-0.25, -0.2) is 13.4 Å². The molecule has 1 N–H and O–H groups in total. The van der Waals surface area contributed by atoms with Crippen molar-refractivity contribution in [1.82, 2.24) is 9.97 Å². The number of hydrogen-bond acceptors (Lipinski definition) is 3. The van der Waals surface area contributed by atoms with E-state index in [1.54, 1.807) is 6.07 Å². The Labute approximate surface area is 142 Å². The quantitative estimate of drug-likeness (QED) is 0.744. The highest BCUT2D eigenvalue weighted by Gasteiger charge is 2.23. The first-order valence-corrected chi connectivity index (χ1v) is 9.43. The molecule has 1 heterocycles. The lowest BCUT2D eigenvalue weighted by Gasteiger charge is -2.10. The van der Waals surface area contributed by atoms with Crippen molar-refractivity contribution in [3.05, 3.63) is 77.6 Å². The van der Waals surface area contributed by atoms with Crippen molar-refractivity contribution in [3.63, 3.8) is 0 Å². The number of aromatic nitrogens is 2. The molecule has 3 rings (SSSR count). The summed E-state index contributed by atoms with van der Waals surface area (Å²) in [6.07, 6.45) is 5.52. The van der Waals surface area contributed by atoms with Gasteiger partial charge >= 0.3 is 0 Å². The van der Waals surface area contributed by atoms with Gasteiger partial charge in [-0.3, -0.25) is 0 Å². The van der Waals surface area contributed by atoms with Gasteiger partial charge < -0.3 is 4.98 Å². The molecule has 124 valence electrons. The molecule has 0 saturated carbocycles. The second-order valence-electron chi connectivity index (χ2n) is 5.85. The van der Waals surface area contributed by atoms with Crippen molar-refractivity contribution >= 4 is 9.84 Å². The fourth-order valence-corrected chi connectivity index (χ4v) is 4.18. The molecule has 0 amide bonds. The van der Waals surface area contributed by atoms with E-state index in [-0.39, 0.29) is 5.16 Å². The van der Waals surface area contributed by atoms with Crippen molar-refractivity contribution in [2.45, 2.75) is 36.2 Å². The molecule has 5 heteroatoms. The van der Waals surface area contributed by atoms with Gasteiger partial charge in [-0.15, -0.1) is 0 Å². The summed E-state index contributed by atoms with van der Waals surface area (Å²) < 4.78 is 25.5. The van der Waals surface area contributed by atoms with Crippen LogP contribution in [0.1, 0.15) is 23.1 Å². The number of imidazole rings is 1. The number of aromatic amines is 1. The van der Waals surface area contributed by atoms with Crippen molar-refractivity contribution in [1.29, 1.82) is 0 Å². The van der Waals surface area contributed by atoms with Gasteiger partial charge in [0.15, 0.2) is 0 Å². The van der Waals surface area contributed by atoms with E-state index < -0.39 is 9.84 Å². The van der Waals surface area contributed by atoms with Gasteiger partial charge in [0.1, 0.15) is 0 Å². The Morgan fingerprint density at radius 1 is 1.04 bits per heavy atom. The van der Waals surface area contributed by atoms with Crippen LogP contribution in [0.15, 0.2) is 71.0 Å². The summed E-state index contributed by atoms with van der Waals surface area (Å²) in [5.74, 6) is 0. The van der Waals surface area contributed by atoms with Crippen LogP contribution in [0.2, 0.25) is 0 Å². The molecule has 0 atom stereocenters. The predicted molar refractivity (Wildman–Crippen MR) is 93.7 cm³/mol. The molecule has 0 spiro atoms. The lowest BCUT2D eigenvalue weighted by Crippen LogP contribution is -2.08. The van der Waals surface area contributed by atoms with E-state index in [1.165, 1.54) is 18.0 Å². The Bertz CT molecular complexity index is 902. The molecule has 0 radical (unpaired) electrons. The Morgan fingerprint density at radius 3 is 2.54 bits per heavy atom. The minimum absolute atomic E-state index is 0.00402. The second kappa shape index (κ2) is 7.01. The van der Waals surface area contributed by atoms with Crippen molar-refractivity contribution in [2.75, 3.05) is 0 Å². The Kier molecular flexibility index (Phi) is 4.81. The third-order valence-corrected chi connectivity index (χ3v) is 5.70. The summed E-state index contributed by atoms with van der Waals surface area (Å²) in [5.41, 5.74) is 3.17. The van der Waals surface area contributed by atoms with E-state index in [0.717, 1.165) is 24.0 Å². The molecule has 24 heavy (non-hydrogen) atoms. The van der Waals surface area contributed by atoms with E-state index in [2.05, 4.69) is 22.1 Å². The maximum Gasteiger partial charge on any atom is 0.240 e. The van der Waals surface area contributed by atoms with Gasteiger partial charge in [0.2, 0.25) is 15.0 Å². The molecule has 0 saturated heterocycles. The highest BCUT2D eigenvalue weighted by molar-refractivity contribution is 7.91. The fraction of sp³-hybridized carbons (Fsp3) is 0.211. The van der Waals surface area contributed by atoms with E-state index >= 15 is 0 Å². The van der Waals surface area contributed by atoms with Crippen molar-refractivity contribution in [3.8, 4) is 0 Å². The molecule has 0 aliphatic heterocycles. The first-order chi connectivity index (χ1) is 11.6. The Balaban J connectivity index is 1.84. The standard InChI is InChI=1S/C19H20N2O2S/c1-15-10-11-18(24(22,23)19-20-12-13-21-19)17(14-15)9-5-8-16-6-3-2-4-7-16/h2-4,6-7,10-14H,5,8-9H2,1H3,(H,20,21). The van der Waals surface area contributed by atoms with E-state index in [9.17, 15) is 8.42 Å². The highest BCUT2D eigenvalue weighted by atomic mass is 32.2. The van der Waals surface area contributed by atoms with E-state index in [4.69, 9.17) is 0 Å². The number of aryl methyl sites for hydroxylation is 3. The van der Waals surface area contributed by atoms with Crippen molar-refractivity contribution in [2.24, 2.45) is 0 Å². The number of benzene rings is 2. The van der Waals surface area contributed by atoms with Crippen LogP contribution in [0.4, 0.5) is 0 Å². The smallest absolute Gasteiger partial charge is 0.240 e. The normalized spacial score (nSPS) is 11.5. The third kappa shape index (κ3) is 3.57. The molecule has 0 aliphatic carbocycles. The summed E-state index contributed by atoms with van der Waals surface area (Å²) in [4.78, 5) is 6.96. The van der Waals surface area contributed by atoms with E-state index in [0.29, 0.717) is 11.3 Å². The molecule has 0 aliphatic rings. The monoisotopic (exact) mass is 340 g/mol. The zero-order valence-corrected chi connectivity index (χ0v) is 14.4. The zero-order valence-electron chi connectivity index (χ0n) is 13.6. The maximum atomic E-state index is 12.8. The van der Waals surface area contributed by atoms with Crippen molar-refractivity contribution < 1.29 is 8.42 Å².